The van der Waals surface area contributed by atoms with Gasteiger partial charge in [-0.3, -0.25) is 0 Å². The van der Waals surface area contributed by atoms with Crippen LogP contribution in [0.4, 0.5) is 0 Å². The molecule has 0 aliphatic rings. The monoisotopic (exact) mass is 291 g/mol. The van der Waals surface area contributed by atoms with Gasteiger partial charge < -0.3 is 24.1 Å². The normalized spacial score (nSPS) is 10.1. The van der Waals surface area contributed by atoms with E-state index in [2.05, 4.69) is 4.98 Å². The smallest absolute Gasteiger partial charge is 0.219 e. The van der Waals surface area contributed by atoms with Crippen molar-refractivity contribution in [3.05, 3.63) is 36.0 Å². The molecule has 0 aliphatic heterocycles. The summed E-state index contributed by atoms with van der Waals surface area (Å²) in [6, 6.07) is 6.72. The Kier molecular flexibility index (Phi) is 4.84. The average Bonchev–Trinajstić information content (AvgIpc) is 2.53. The summed E-state index contributed by atoms with van der Waals surface area (Å²) < 4.78 is 21.4. The molecule has 0 radical (unpaired) electrons. The van der Waals surface area contributed by atoms with Crippen molar-refractivity contribution in [3.8, 4) is 28.9 Å². The quantitative estimate of drug-likeness (QED) is 0.881. The molecule has 0 unspecified atom stereocenters. The highest BCUT2D eigenvalue weighted by Gasteiger charge is 2.14. The van der Waals surface area contributed by atoms with Gasteiger partial charge in [0.05, 0.1) is 27.9 Å². The second-order valence-corrected chi connectivity index (χ2v) is 4.12. The van der Waals surface area contributed by atoms with E-state index in [0.717, 1.165) is 0 Å². The molecule has 1 aromatic heterocycles. The fourth-order valence-electron chi connectivity index (χ4n) is 1.84. The molecular weight excluding hydrogens is 274 g/mol. The molecule has 6 heteroatoms. The molecule has 0 saturated carbocycles. The van der Waals surface area contributed by atoms with Crippen molar-refractivity contribution in [3.63, 3.8) is 0 Å². The van der Waals surface area contributed by atoms with Crippen molar-refractivity contribution < 1.29 is 24.1 Å². The van der Waals surface area contributed by atoms with Crippen LogP contribution in [0.15, 0.2) is 30.5 Å². The lowest BCUT2D eigenvalue weighted by Crippen LogP contribution is -1.97. The number of benzene rings is 1. The Morgan fingerprint density at radius 2 is 1.67 bits per heavy atom. The van der Waals surface area contributed by atoms with Crippen molar-refractivity contribution >= 4 is 0 Å². The molecule has 0 fully saturated rings. The Balaban J connectivity index is 2.35. The molecule has 1 heterocycles. The summed E-state index contributed by atoms with van der Waals surface area (Å²) in [5, 5.41) is 9.12. The first-order valence-corrected chi connectivity index (χ1v) is 6.25. The zero-order valence-electron chi connectivity index (χ0n) is 12.1. The number of methoxy groups -OCH3 is 3. The van der Waals surface area contributed by atoms with Crippen LogP contribution in [0, 0.1) is 0 Å². The summed E-state index contributed by atoms with van der Waals surface area (Å²) in [6.07, 6.45) is 1.57. The second-order valence-electron chi connectivity index (χ2n) is 4.12. The van der Waals surface area contributed by atoms with E-state index in [0.29, 0.717) is 34.4 Å². The van der Waals surface area contributed by atoms with Gasteiger partial charge in [0.1, 0.15) is 5.75 Å². The minimum absolute atomic E-state index is 0.0753. The number of aliphatic hydroxyl groups excluding tert-OH is 1. The van der Waals surface area contributed by atoms with Gasteiger partial charge in [-0.05, 0) is 11.6 Å². The predicted molar refractivity (Wildman–Crippen MR) is 76.3 cm³/mol. The van der Waals surface area contributed by atoms with Crippen LogP contribution in [-0.2, 0) is 6.61 Å². The molecule has 0 bridgehead atoms. The minimum Gasteiger partial charge on any atom is -0.493 e. The van der Waals surface area contributed by atoms with Crippen LogP contribution in [0.2, 0.25) is 0 Å². The molecule has 0 amide bonds. The zero-order chi connectivity index (χ0) is 15.2. The minimum atomic E-state index is -0.0753. The van der Waals surface area contributed by atoms with Gasteiger partial charge in [0.25, 0.3) is 0 Å². The van der Waals surface area contributed by atoms with Gasteiger partial charge in [-0.2, -0.15) is 0 Å². The van der Waals surface area contributed by atoms with Crippen LogP contribution >= 0.6 is 0 Å². The fraction of sp³-hybridized carbons (Fsp3) is 0.267. The Morgan fingerprint density at radius 1 is 1.00 bits per heavy atom. The Hall–Kier alpha value is -2.47. The van der Waals surface area contributed by atoms with Crippen LogP contribution < -0.4 is 18.9 Å². The number of aromatic nitrogens is 1. The van der Waals surface area contributed by atoms with E-state index >= 15 is 0 Å². The Labute approximate surface area is 122 Å². The van der Waals surface area contributed by atoms with Crippen LogP contribution in [0.25, 0.3) is 0 Å². The summed E-state index contributed by atoms with van der Waals surface area (Å²) in [6.45, 7) is -0.0753. The van der Waals surface area contributed by atoms with Crippen molar-refractivity contribution in [1.82, 2.24) is 4.98 Å². The van der Waals surface area contributed by atoms with Gasteiger partial charge in [0.2, 0.25) is 11.6 Å². The van der Waals surface area contributed by atoms with Crippen molar-refractivity contribution in [2.24, 2.45) is 0 Å². The van der Waals surface area contributed by atoms with Crippen molar-refractivity contribution in [1.29, 1.82) is 0 Å². The van der Waals surface area contributed by atoms with E-state index in [1.807, 2.05) is 0 Å². The van der Waals surface area contributed by atoms with Gasteiger partial charge >= 0.3 is 0 Å². The van der Waals surface area contributed by atoms with Crippen molar-refractivity contribution in [2.75, 3.05) is 21.3 Å². The second kappa shape index (κ2) is 6.81. The third kappa shape index (κ3) is 3.35. The molecule has 21 heavy (non-hydrogen) atoms. The molecule has 0 atom stereocenters. The van der Waals surface area contributed by atoms with E-state index in [1.165, 1.54) is 21.3 Å². The summed E-state index contributed by atoms with van der Waals surface area (Å²) in [5.41, 5.74) is 0.715. The summed E-state index contributed by atoms with van der Waals surface area (Å²) in [4.78, 5) is 4.09. The third-order valence-corrected chi connectivity index (χ3v) is 2.84. The number of nitrogens with zero attached hydrogens (tertiary/aromatic N) is 1. The largest absolute Gasteiger partial charge is 0.493 e. The molecular formula is C15H17NO5. The molecule has 0 aliphatic carbocycles. The lowest BCUT2D eigenvalue weighted by atomic mass is 10.2. The molecule has 0 spiro atoms. The summed E-state index contributed by atoms with van der Waals surface area (Å²) in [5.74, 6) is 2.34. The Bertz CT molecular complexity index is 590. The lowest BCUT2D eigenvalue weighted by Gasteiger charge is -2.14. The topological polar surface area (TPSA) is 70.0 Å². The molecule has 6 nitrogen and oxygen atoms in total. The number of aliphatic hydroxyl groups is 1. The van der Waals surface area contributed by atoms with Crippen LogP contribution in [0.3, 0.4) is 0 Å². The number of ether oxygens (including phenoxy) is 4. The van der Waals surface area contributed by atoms with Crippen molar-refractivity contribution in [2.45, 2.75) is 6.61 Å². The SMILES string of the molecule is COc1cc(Oc2cc(CO)ccn2)cc(OC)c1OC. The van der Waals surface area contributed by atoms with E-state index in [1.54, 1.807) is 30.5 Å². The number of hydrogen-bond acceptors (Lipinski definition) is 6. The van der Waals surface area contributed by atoms with E-state index < -0.39 is 0 Å². The van der Waals surface area contributed by atoms with Gasteiger partial charge in [0, 0.05) is 24.4 Å². The standard InChI is InChI=1S/C15H17NO5/c1-18-12-7-11(8-13(19-2)15(12)20-3)21-14-6-10(9-17)4-5-16-14/h4-8,17H,9H2,1-3H3. The van der Waals surface area contributed by atoms with Gasteiger partial charge in [-0.15, -0.1) is 0 Å². The maximum absolute atomic E-state index is 9.12. The van der Waals surface area contributed by atoms with E-state index in [9.17, 15) is 0 Å². The van der Waals surface area contributed by atoms with Crippen LogP contribution in [-0.4, -0.2) is 31.4 Å². The van der Waals surface area contributed by atoms with E-state index in [-0.39, 0.29) is 6.61 Å². The van der Waals surface area contributed by atoms with Crippen LogP contribution in [0.1, 0.15) is 5.56 Å². The van der Waals surface area contributed by atoms with Crippen LogP contribution in [0.5, 0.6) is 28.9 Å². The Morgan fingerprint density at radius 3 is 2.19 bits per heavy atom. The number of rotatable bonds is 6. The zero-order valence-corrected chi connectivity index (χ0v) is 12.1. The summed E-state index contributed by atoms with van der Waals surface area (Å²) >= 11 is 0. The maximum Gasteiger partial charge on any atom is 0.219 e. The third-order valence-electron chi connectivity index (χ3n) is 2.84. The first-order chi connectivity index (χ1) is 10.2. The molecule has 2 rings (SSSR count). The predicted octanol–water partition coefficient (Wildman–Crippen LogP) is 2.39. The first-order valence-electron chi connectivity index (χ1n) is 6.25. The maximum atomic E-state index is 9.12. The van der Waals surface area contributed by atoms with Gasteiger partial charge in [-0.25, -0.2) is 4.98 Å². The average molecular weight is 291 g/mol. The molecule has 1 aromatic carbocycles. The number of hydrogen-bond donors (Lipinski definition) is 1. The first kappa shape index (κ1) is 14.9. The highest BCUT2D eigenvalue weighted by molar-refractivity contribution is 5.56. The molecule has 0 saturated heterocycles. The fourth-order valence-corrected chi connectivity index (χ4v) is 1.84. The lowest BCUT2D eigenvalue weighted by molar-refractivity contribution is 0.281. The van der Waals surface area contributed by atoms with Gasteiger partial charge in [0.15, 0.2) is 11.5 Å². The highest BCUT2D eigenvalue weighted by atomic mass is 16.5. The number of pyridine rings is 1. The van der Waals surface area contributed by atoms with E-state index in [4.69, 9.17) is 24.1 Å². The highest BCUT2D eigenvalue weighted by Crippen LogP contribution is 2.41. The summed E-state index contributed by atoms with van der Waals surface area (Å²) in [7, 11) is 4.60. The van der Waals surface area contributed by atoms with Gasteiger partial charge in [-0.1, -0.05) is 0 Å². The molecule has 112 valence electrons. The molecule has 1 N–H and O–H groups in total. The molecule has 2 aromatic rings.